The number of nitrogens with one attached hydrogen (secondary N) is 3. The van der Waals surface area contributed by atoms with Gasteiger partial charge < -0.3 is 5.32 Å². The Labute approximate surface area is 157 Å². The summed E-state index contributed by atoms with van der Waals surface area (Å²) in [4.78, 5) is 12.5. The van der Waals surface area contributed by atoms with Crippen LogP contribution in [0, 0.1) is 0 Å². The van der Waals surface area contributed by atoms with Gasteiger partial charge in [0.25, 0.3) is 15.9 Å². The molecule has 0 fully saturated rings. The number of rotatable bonds is 7. The van der Waals surface area contributed by atoms with Gasteiger partial charge in [-0.3, -0.25) is 14.6 Å². The van der Waals surface area contributed by atoms with E-state index >= 15 is 0 Å². The van der Waals surface area contributed by atoms with Crippen LogP contribution in [0.4, 0.5) is 11.4 Å². The fraction of sp³-hybridized carbons (Fsp3) is 0.158. The van der Waals surface area contributed by atoms with Crippen LogP contribution in [0.1, 0.15) is 29.5 Å². The van der Waals surface area contributed by atoms with E-state index in [2.05, 4.69) is 20.2 Å². The second-order valence-electron chi connectivity index (χ2n) is 5.98. The largest absolute Gasteiger partial charge is 0.321 e. The van der Waals surface area contributed by atoms with Crippen molar-refractivity contribution in [3.63, 3.8) is 0 Å². The van der Waals surface area contributed by atoms with Crippen LogP contribution in [-0.4, -0.2) is 24.5 Å². The van der Waals surface area contributed by atoms with Gasteiger partial charge in [-0.1, -0.05) is 37.6 Å². The zero-order valence-corrected chi connectivity index (χ0v) is 15.6. The van der Waals surface area contributed by atoms with Crippen molar-refractivity contribution in [2.75, 3.05) is 10.0 Å². The van der Waals surface area contributed by atoms with Crippen molar-refractivity contribution in [3.05, 3.63) is 72.1 Å². The summed E-state index contributed by atoms with van der Waals surface area (Å²) in [6.07, 6.45) is 1.77. The average molecular weight is 384 g/mol. The van der Waals surface area contributed by atoms with E-state index < -0.39 is 10.0 Å². The van der Waals surface area contributed by atoms with E-state index in [1.165, 1.54) is 12.1 Å². The maximum atomic E-state index is 12.4. The highest BCUT2D eigenvalue weighted by Crippen LogP contribution is 2.20. The van der Waals surface area contributed by atoms with E-state index in [1.54, 1.807) is 48.5 Å². The highest BCUT2D eigenvalue weighted by Gasteiger charge is 2.15. The van der Waals surface area contributed by atoms with Crippen molar-refractivity contribution in [1.82, 2.24) is 10.2 Å². The predicted molar refractivity (Wildman–Crippen MR) is 104 cm³/mol. The van der Waals surface area contributed by atoms with Gasteiger partial charge >= 0.3 is 0 Å². The topological polar surface area (TPSA) is 104 Å². The number of carbonyl (C=O) groups excluding carboxylic acids is 1. The number of amides is 1. The summed E-state index contributed by atoms with van der Waals surface area (Å²) in [7, 11) is -3.69. The number of hydrogen-bond acceptors (Lipinski definition) is 4. The molecule has 0 saturated carbocycles. The summed E-state index contributed by atoms with van der Waals surface area (Å²) in [6.45, 7) is 2.04. The fourth-order valence-corrected chi connectivity index (χ4v) is 3.62. The zero-order valence-electron chi connectivity index (χ0n) is 14.8. The summed E-state index contributed by atoms with van der Waals surface area (Å²) < 4.78 is 27.3. The molecule has 0 bridgehead atoms. The summed E-state index contributed by atoms with van der Waals surface area (Å²) in [5.74, 6) is -0.364. The molecule has 2 aromatic carbocycles. The molecule has 1 heterocycles. The first-order valence-electron chi connectivity index (χ1n) is 8.51. The molecule has 1 aromatic heterocycles. The van der Waals surface area contributed by atoms with Crippen LogP contribution in [0.15, 0.2) is 65.6 Å². The summed E-state index contributed by atoms with van der Waals surface area (Å²) >= 11 is 0. The Bertz CT molecular complexity index is 1030. The monoisotopic (exact) mass is 384 g/mol. The molecule has 3 aromatic rings. The molecule has 0 aliphatic rings. The first-order chi connectivity index (χ1) is 13.0. The number of carbonyl (C=O) groups is 1. The number of anilines is 2. The number of nitrogens with zero attached hydrogens (tertiary/aromatic N) is 1. The van der Waals surface area contributed by atoms with Crippen molar-refractivity contribution in [1.29, 1.82) is 0 Å². The Balaban J connectivity index is 1.72. The van der Waals surface area contributed by atoms with Crippen LogP contribution >= 0.6 is 0 Å². The molecule has 140 valence electrons. The molecule has 3 N–H and O–H groups in total. The Hall–Kier alpha value is -3.13. The van der Waals surface area contributed by atoms with Crippen molar-refractivity contribution in [2.45, 2.75) is 24.7 Å². The number of sulfonamides is 1. The molecule has 0 unspecified atom stereocenters. The molecule has 8 heteroatoms. The third kappa shape index (κ3) is 4.73. The Morgan fingerprint density at radius 3 is 2.52 bits per heavy atom. The Morgan fingerprint density at radius 2 is 1.78 bits per heavy atom. The van der Waals surface area contributed by atoms with Crippen molar-refractivity contribution in [3.8, 4) is 0 Å². The molecule has 7 nitrogen and oxygen atoms in total. The third-order valence-corrected chi connectivity index (χ3v) is 5.21. The van der Waals surface area contributed by atoms with Gasteiger partial charge in [-0.25, -0.2) is 8.42 Å². The molecule has 3 rings (SSSR count). The lowest BCUT2D eigenvalue weighted by Gasteiger charge is -2.10. The minimum absolute atomic E-state index is 0.166. The average Bonchev–Trinajstić information content (AvgIpc) is 3.12. The van der Waals surface area contributed by atoms with Gasteiger partial charge in [0, 0.05) is 11.4 Å². The first kappa shape index (κ1) is 18.7. The molecule has 1 amide bonds. The van der Waals surface area contributed by atoms with Crippen molar-refractivity contribution in [2.24, 2.45) is 0 Å². The molecule has 0 saturated heterocycles. The maximum Gasteiger partial charge on any atom is 0.276 e. The SMILES string of the molecule is CCCc1cc(C(=O)Nc2cccc(NS(=O)(=O)c3ccccc3)c2)n[nH]1. The van der Waals surface area contributed by atoms with Gasteiger partial charge in [0.2, 0.25) is 0 Å². The lowest BCUT2D eigenvalue weighted by Crippen LogP contribution is -2.14. The minimum Gasteiger partial charge on any atom is -0.321 e. The highest BCUT2D eigenvalue weighted by molar-refractivity contribution is 7.92. The van der Waals surface area contributed by atoms with Crippen LogP contribution in [0.2, 0.25) is 0 Å². The summed E-state index contributed by atoms with van der Waals surface area (Å²) in [5, 5.41) is 9.56. The predicted octanol–water partition coefficient (Wildman–Crippen LogP) is 3.42. The lowest BCUT2D eigenvalue weighted by molar-refractivity contribution is 0.102. The fourth-order valence-electron chi connectivity index (χ4n) is 2.54. The normalized spacial score (nSPS) is 11.1. The van der Waals surface area contributed by atoms with E-state index in [0.717, 1.165) is 18.5 Å². The number of aromatic amines is 1. The minimum atomic E-state index is -3.69. The lowest BCUT2D eigenvalue weighted by atomic mass is 10.2. The van der Waals surface area contributed by atoms with Crippen LogP contribution in [0.5, 0.6) is 0 Å². The molecule has 0 aliphatic carbocycles. The number of aryl methyl sites for hydroxylation is 1. The number of aromatic nitrogens is 2. The van der Waals surface area contributed by atoms with Crippen LogP contribution < -0.4 is 10.0 Å². The van der Waals surface area contributed by atoms with Gasteiger partial charge in [0.1, 0.15) is 0 Å². The Kier molecular flexibility index (Phi) is 5.56. The molecule has 0 radical (unpaired) electrons. The first-order valence-corrected chi connectivity index (χ1v) is 10.00. The van der Waals surface area contributed by atoms with Crippen molar-refractivity contribution < 1.29 is 13.2 Å². The van der Waals surface area contributed by atoms with Gasteiger partial charge in [-0.05, 0) is 42.8 Å². The van der Waals surface area contributed by atoms with Gasteiger partial charge in [0.15, 0.2) is 5.69 Å². The van der Waals surface area contributed by atoms with Crippen molar-refractivity contribution >= 4 is 27.3 Å². The second-order valence-corrected chi connectivity index (χ2v) is 7.66. The molecule has 0 atom stereocenters. The molecular formula is C19H20N4O3S. The van der Waals surface area contributed by atoms with Crippen LogP contribution in [0.25, 0.3) is 0 Å². The highest BCUT2D eigenvalue weighted by atomic mass is 32.2. The smallest absolute Gasteiger partial charge is 0.276 e. The number of H-pyrrole nitrogens is 1. The van der Waals surface area contributed by atoms with E-state index in [0.29, 0.717) is 11.4 Å². The van der Waals surface area contributed by atoms with Gasteiger partial charge in [-0.2, -0.15) is 5.10 Å². The van der Waals surface area contributed by atoms with E-state index in [-0.39, 0.29) is 16.5 Å². The summed E-state index contributed by atoms with van der Waals surface area (Å²) in [5.41, 5.74) is 2.00. The number of benzene rings is 2. The molecular weight excluding hydrogens is 364 g/mol. The Morgan fingerprint density at radius 1 is 1.04 bits per heavy atom. The quantitative estimate of drug-likeness (QED) is 0.580. The zero-order chi connectivity index (χ0) is 19.3. The van der Waals surface area contributed by atoms with E-state index in [1.807, 2.05) is 6.92 Å². The van der Waals surface area contributed by atoms with E-state index in [4.69, 9.17) is 0 Å². The van der Waals surface area contributed by atoms with Gasteiger partial charge in [-0.15, -0.1) is 0 Å². The van der Waals surface area contributed by atoms with Crippen LogP contribution in [-0.2, 0) is 16.4 Å². The van der Waals surface area contributed by atoms with Crippen LogP contribution in [0.3, 0.4) is 0 Å². The molecule has 0 aliphatic heterocycles. The van der Waals surface area contributed by atoms with E-state index in [9.17, 15) is 13.2 Å². The second kappa shape index (κ2) is 8.05. The standard InChI is InChI=1S/C19H20N4O3S/c1-2-7-15-13-18(22-21-15)19(24)20-14-8-6-9-16(12-14)23-27(25,26)17-10-4-3-5-11-17/h3-6,8-13,23H,2,7H2,1H3,(H,20,24)(H,21,22). The summed E-state index contributed by atoms with van der Waals surface area (Å²) in [6, 6.07) is 16.3. The molecule has 27 heavy (non-hydrogen) atoms. The number of hydrogen-bond donors (Lipinski definition) is 3. The molecule has 0 spiro atoms. The maximum absolute atomic E-state index is 12.4. The third-order valence-electron chi connectivity index (χ3n) is 3.81. The van der Waals surface area contributed by atoms with Gasteiger partial charge in [0.05, 0.1) is 10.6 Å².